The zero-order valence-corrected chi connectivity index (χ0v) is 25.3. The van der Waals surface area contributed by atoms with Crippen LogP contribution in [0, 0.1) is 5.41 Å². The molecule has 42 heavy (non-hydrogen) atoms. The van der Waals surface area contributed by atoms with Crippen molar-refractivity contribution in [1.82, 2.24) is 19.8 Å². The molecule has 0 bridgehead atoms. The van der Waals surface area contributed by atoms with Crippen molar-refractivity contribution >= 4 is 62.4 Å². The lowest BCUT2D eigenvalue weighted by molar-refractivity contribution is -0.151. The quantitative estimate of drug-likeness (QED) is 0.281. The third kappa shape index (κ3) is 7.17. The first-order valence-electron chi connectivity index (χ1n) is 13.1. The van der Waals surface area contributed by atoms with E-state index in [-0.39, 0.29) is 43.0 Å². The smallest absolute Gasteiger partial charge is 0.328 e. The summed E-state index contributed by atoms with van der Waals surface area (Å²) >= 11 is 2.23. The van der Waals surface area contributed by atoms with Crippen molar-refractivity contribution in [3.8, 4) is 0 Å². The Morgan fingerprint density at radius 3 is 2.19 bits per heavy atom. The van der Waals surface area contributed by atoms with Gasteiger partial charge in [-0.15, -0.1) is 22.7 Å². The first-order chi connectivity index (χ1) is 19.7. The van der Waals surface area contributed by atoms with Crippen molar-refractivity contribution in [3.63, 3.8) is 0 Å². The van der Waals surface area contributed by atoms with Crippen LogP contribution in [0.2, 0.25) is 0 Å². The van der Waals surface area contributed by atoms with E-state index in [2.05, 4.69) is 10.0 Å². The maximum absolute atomic E-state index is 13.3. The molecule has 4 heterocycles. The van der Waals surface area contributed by atoms with E-state index in [9.17, 15) is 42.6 Å². The Balaban J connectivity index is 1.38. The Hall–Kier alpha value is -3.34. The molecule has 2 aromatic rings. The number of likely N-dealkylation sites (tertiary alicyclic amines) is 2. The molecule has 228 valence electrons. The molecule has 0 aromatic carbocycles. The molecule has 4 N–H and O–H groups in total. The third-order valence-electron chi connectivity index (χ3n) is 7.28. The van der Waals surface area contributed by atoms with Gasteiger partial charge >= 0.3 is 11.9 Å². The van der Waals surface area contributed by atoms with Crippen molar-refractivity contribution < 1.29 is 42.6 Å². The summed E-state index contributed by atoms with van der Waals surface area (Å²) in [6.45, 7) is 3.25. The van der Waals surface area contributed by atoms with E-state index in [0.717, 1.165) is 16.2 Å². The molecule has 3 amide bonds. The van der Waals surface area contributed by atoms with Gasteiger partial charge in [0.05, 0.1) is 10.9 Å². The largest absolute Gasteiger partial charge is 0.480 e. The molecule has 2 aliphatic rings. The van der Waals surface area contributed by atoms with Gasteiger partial charge in [0.15, 0.2) is 0 Å². The Bertz CT molecular complexity index is 1440. The molecular weight excluding hydrogens is 609 g/mol. The Labute approximate surface area is 250 Å². The van der Waals surface area contributed by atoms with Gasteiger partial charge < -0.3 is 25.3 Å². The summed E-state index contributed by atoms with van der Waals surface area (Å²) in [5.41, 5.74) is -0.979. The van der Waals surface area contributed by atoms with Crippen molar-refractivity contribution in [2.24, 2.45) is 5.41 Å². The monoisotopic (exact) mass is 640 g/mol. The van der Waals surface area contributed by atoms with E-state index in [1.807, 2.05) is 0 Å². The average Bonchev–Trinajstić information content (AvgIpc) is 3.69. The lowest BCUT2D eigenvalue weighted by Gasteiger charge is -2.31. The molecule has 2 aromatic heterocycles. The van der Waals surface area contributed by atoms with Crippen LogP contribution in [-0.4, -0.2) is 95.3 Å². The van der Waals surface area contributed by atoms with Crippen LogP contribution in [-0.2, 0) is 29.2 Å². The Morgan fingerprint density at radius 2 is 1.62 bits per heavy atom. The zero-order chi connectivity index (χ0) is 30.8. The minimum Gasteiger partial charge on any atom is -0.480 e. The molecule has 0 spiro atoms. The number of aliphatic carboxylic acids is 2. The molecule has 0 radical (unpaired) electrons. The fourth-order valence-corrected chi connectivity index (χ4v) is 8.26. The number of rotatable bonds is 11. The molecule has 0 aliphatic carbocycles. The molecule has 4 rings (SSSR count). The molecule has 4 unspecified atom stereocenters. The van der Waals surface area contributed by atoms with Gasteiger partial charge in [0, 0.05) is 32.0 Å². The Kier molecular flexibility index (Phi) is 9.39. The summed E-state index contributed by atoms with van der Waals surface area (Å²) in [6, 6.07) is 2.19. The van der Waals surface area contributed by atoms with E-state index in [0.29, 0.717) is 4.88 Å². The summed E-state index contributed by atoms with van der Waals surface area (Å²) in [6.07, 6.45) is -0.293. The van der Waals surface area contributed by atoms with E-state index < -0.39 is 69.3 Å². The summed E-state index contributed by atoms with van der Waals surface area (Å²) in [4.78, 5) is 65.9. The zero-order valence-electron chi connectivity index (χ0n) is 22.9. The highest BCUT2D eigenvalue weighted by atomic mass is 32.2. The molecule has 4 atom stereocenters. The van der Waals surface area contributed by atoms with Crippen LogP contribution in [0.4, 0.5) is 0 Å². The molecule has 2 fully saturated rings. The number of carbonyl (C=O) groups is 5. The van der Waals surface area contributed by atoms with Gasteiger partial charge in [-0.25, -0.2) is 22.7 Å². The predicted molar refractivity (Wildman–Crippen MR) is 153 cm³/mol. The third-order valence-corrected chi connectivity index (χ3v) is 11.1. The second-order valence-corrected chi connectivity index (χ2v) is 15.0. The number of nitrogens with one attached hydrogen (secondary N) is 2. The summed E-state index contributed by atoms with van der Waals surface area (Å²) < 4.78 is 27.8. The normalized spacial score (nSPS) is 22.7. The van der Waals surface area contributed by atoms with Crippen LogP contribution in [0.15, 0.2) is 39.2 Å². The number of carbonyl (C=O) groups excluding carboxylic acids is 3. The van der Waals surface area contributed by atoms with E-state index in [1.165, 1.54) is 22.3 Å². The summed E-state index contributed by atoms with van der Waals surface area (Å²) in [5.74, 6) is -4.02. The van der Waals surface area contributed by atoms with Gasteiger partial charge in [-0.2, -0.15) is 0 Å². The topological polar surface area (TPSA) is 190 Å². The van der Waals surface area contributed by atoms with Crippen molar-refractivity contribution in [3.05, 3.63) is 39.9 Å². The van der Waals surface area contributed by atoms with Gasteiger partial charge in [0.25, 0.3) is 5.91 Å². The lowest BCUT2D eigenvalue weighted by Crippen LogP contribution is -2.51. The Morgan fingerprint density at radius 1 is 0.976 bits per heavy atom. The molecule has 2 aliphatic heterocycles. The van der Waals surface area contributed by atoms with E-state index >= 15 is 0 Å². The number of carboxylic acid groups (broad SMARTS) is 2. The highest BCUT2D eigenvalue weighted by Crippen LogP contribution is 2.32. The molecule has 13 nitrogen and oxygen atoms in total. The van der Waals surface area contributed by atoms with Crippen LogP contribution >= 0.6 is 22.7 Å². The van der Waals surface area contributed by atoms with Gasteiger partial charge in [-0.3, -0.25) is 14.4 Å². The van der Waals surface area contributed by atoms with Crippen LogP contribution in [0.3, 0.4) is 0 Å². The summed E-state index contributed by atoms with van der Waals surface area (Å²) in [5, 5.41) is 25.6. The van der Waals surface area contributed by atoms with Crippen LogP contribution in [0.25, 0.3) is 0 Å². The van der Waals surface area contributed by atoms with Gasteiger partial charge in [0.1, 0.15) is 16.3 Å². The number of hydrogen-bond donors (Lipinski definition) is 4. The maximum Gasteiger partial charge on any atom is 0.328 e. The number of nitrogens with zero attached hydrogens (tertiary/aromatic N) is 2. The fourth-order valence-electron chi connectivity index (χ4n) is 5.39. The van der Waals surface area contributed by atoms with Crippen LogP contribution in [0.1, 0.15) is 49.2 Å². The van der Waals surface area contributed by atoms with Crippen LogP contribution < -0.4 is 10.0 Å². The number of thiophene rings is 2. The standard InChI is InChI=1S/C26H32N4O9S3/c1-26(2,12-19(31)29-8-7-16(22(29)25(36)37)27-23(33)18-5-3-9-40-18)13-20(32)30-14-15(11-17(30)24(34)35)28-42(38,39)21-6-4-10-41-21/h3-6,9-10,15-17,22,28H,7-8,11-14H2,1-2H3,(H,27,33)(H,34,35)(H,36,37). The average molecular weight is 641 g/mol. The first-order valence-corrected chi connectivity index (χ1v) is 16.4. The van der Waals surface area contributed by atoms with Crippen LogP contribution in [0.5, 0.6) is 0 Å². The molecular formula is C26H32N4O9S3. The van der Waals surface area contributed by atoms with Gasteiger partial charge in [-0.05, 0) is 41.1 Å². The fraction of sp³-hybridized carbons (Fsp3) is 0.500. The van der Waals surface area contributed by atoms with Gasteiger partial charge in [0.2, 0.25) is 21.8 Å². The minimum atomic E-state index is -3.88. The number of sulfonamides is 1. The van der Waals surface area contributed by atoms with Crippen molar-refractivity contribution in [1.29, 1.82) is 0 Å². The second-order valence-electron chi connectivity index (χ2n) is 11.1. The molecule has 0 saturated carbocycles. The maximum atomic E-state index is 13.3. The first kappa shape index (κ1) is 31.6. The SMILES string of the molecule is CC(C)(CC(=O)N1CC(NS(=O)(=O)c2cccs2)CC1C(=O)O)CC(=O)N1CCC(NC(=O)c2cccs2)C1C(=O)O. The number of carboxylic acids is 2. The lowest BCUT2D eigenvalue weighted by atomic mass is 9.84. The van der Waals surface area contributed by atoms with Gasteiger partial charge in [-0.1, -0.05) is 26.0 Å². The summed E-state index contributed by atoms with van der Waals surface area (Å²) in [7, 11) is -3.88. The van der Waals surface area contributed by atoms with Crippen molar-refractivity contribution in [2.45, 2.75) is 67.9 Å². The minimum absolute atomic E-state index is 0.0775. The van der Waals surface area contributed by atoms with E-state index in [1.54, 1.807) is 42.8 Å². The van der Waals surface area contributed by atoms with Crippen molar-refractivity contribution in [2.75, 3.05) is 13.1 Å². The van der Waals surface area contributed by atoms with E-state index in [4.69, 9.17) is 0 Å². The molecule has 2 saturated heterocycles. The predicted octanol–water partition coefficient (Wildman–Crippen LogP) is 1.43. The number of hydrogen-bond acceptors (Lipinski definition) is 9. The number of amides is 3. The second kappa shape index (κ2) is 12.5. The highest BCUT2D eigenvalue weighted by Gasteiger charge is 2.45. The highest BCUT2D eigenvalue weighted by molar-refractivity contribution is 7.91. The molecule has 16 heteroatoms.